The van der Waals surface area contributed by atoms with Gasteiger partial charge in [-0.15, -0.1) is 5.10 Å². The highest BCUT2D eigenvalue weighted by atomic mass is 16.5. The van der Waals surface area contributed by atoms with Crippen molar-refractivity contribution in [2.75, 3.05) is 19.7 Å². The molecular weight excluding hydrogens is 410 g/mol. The number of rotatable bonds is 8. The first-order valence-corrected chi connectivity index (χ1v) is 13.1. The standard InChI is InChI=1S/C27H43N5O/c1-24(2)19-7-9-26(24,5)22(15-19)28-11-13-32-17-21(30-31-32)18-33-14-12-29-23-16-20-8-10-27(23,6)25(20,3)4/h17,19-20H,7-16,18H2,1-6H3/t19-,20-,26+,27+/m1/s1. The summed E-state index contributed by atoms with van der Waals surface area (Å²) in [4.78, 5) is 9.97. The molecule has 0 unspecified atom stereocenters. The van der Waals surface area contributed by atoms with Gasteiger partial charge in [0.1, 0.15) is 5.69 Å². The molecule has 1 heterocycles. The maximum absolute atomic E-state index is 5.86. The molecule has 33 heavy (non-hydrogen) atoms. The van der Waals surface area contributed by atoms with Crippen LogP contribution in [0.2, 0.25) is 0 Å². The molecule has 4 fully saturated rings. The zero-order valence-electron chi connectivity index (χ0n) is 21.7. The monoisotopic (exact) mass is 453 g/mol. The van der Waals surface area contributed by atoms with Crippen LogP contribution in [0.5, 0.6) is 0 Å². The van der Waals surface area contributed by atoms with Crippen molar-refractivity contribution >= 4 is 11.4 Å². The van der Waals surface area contributed by atoms with Crippen LogP contribution in [0.1, 0.15) is 85.8 Å². The molecule has 0 aromatic carbocycles. The second-order valence-electron chi connectivity index (χ2n) is 12.7. The average molecular weight is 454 g/mol. The van der Waals surface area contributed by atoms with Crippen molar-refractivity contribution in [1.82, 2.24) is 15.0 Å². The van der Waals surface area contributed by atoms with E-state index in [0.717, 1.165) is 37.2 Å². The van der Waals surface area contributed by atoms with E-state index in [2.05, 4.69) is 51.9 Å². The molecule has 4 aliphatic rings. The molecule has 6 heteroatoms. The predicted octanol–water partition coefficient (Wildman–Crippen LogP) is 5.37. The Balaban J connectivity index is 1.06. The first-order chi connectivity index (χ1) is 15.6. The van der Waals surface area contributed by atoms with E-state index in [0.29, 0.717) is 24.0 Å². The van der Waals surface area contributed by atoms with E-state index in [-0.39, 0.29) is 10.8 Å². The number of hydrogen-bond donors (Lipinski definition) is 0. The van der Waals surface area contributed by atoms with Gasteiger partial charge in [-0.05, 0) is 61.2 Å². The lowest BCUT2D eigenvalue weighted by Gasteiger charge is -2.34. The van der Waals surface area contributed by atoms with Crippen molar-refractivity contribution in [2.24, 2.45) is 43.5 Å². The van der Waals surface area contributed by atoms with Crippen molar-refractivity contribution in [2.45, 2.75) is 93.2 Å². The van der Waals surface area contributed by atoms with Crippen LogP contribution in [0.15, 0.2) is 16.2 Å². The molecular formula is C27H43N5O. The van der Waals surface area contributed by atoms with Gasteiger partial charge in [-0.2, -0.15) is 0 Å². The number of fused-ring (bicyclic) bond motifs is 4. The van der Waals surface area contributed by atoms with E-state index in [1.165, 1.54) is 49.9 Å². The molecule has 1 aromatic heterocycles. The Morgan fingerprint density at radius 3 is 2.00 bits per heavy atom. The molecule has 4 aliphatic carbocycles. The number of aromatic nitrogens is 3. The first kappa shape index (κ1) is 23.2. The van der Waals surface area contributed by atoms with Gasteiger partial charge >= 0.3 is 0 Å². The Kier molecular flexibility index (Phi) is 5.62. The maximum atomic E-state index is 5.86. The van der Waals surface area contributed by atoms with Gasteiger partial charge in [0.05, 0.1) is 39.0 Å². The van der Waals surface area contributed by atoms with Crippen molar-refractivity contribution in [3.8, 4) is 0 Å². The average Bonchev–Trinajstić information content (AvgIpc) is 3.46. The topological polar surface area (TPSA) is 64.7 Å². The number of aliphatic imine (C=N–C) groups is 2. The molecule has 5 rings (SSSR count). The van der Waals surface area contributed by atoms with E-state index >= 15 is 0 Å². The Hall–Kier alpha value is -1.56. The van der Waals surface area contributed by atoms with Gasteiger partial charge in [0.25, 0.3) is 0 Å². The summed E-state index contributed by atoms with van der Waals surface area (Å²) in [5.41, 5.74) is 5.09. The summed E-state index contributed by atoms with van der Waals surface area (Å²) >= 11 is 0. The smallest absolute Gasteiger partial charge is 0.108 e. The second-order valence-corrected chi connectivity index (χ2v) is 12.7. The summed E-state index contributed by atoms with van der Waals surface area (Å²) in [6, 6.07) is 0. The molecule has 4 atom stereocenters. The SMILES string of the molecule is CC1(C)[C@@H]2CC[C@@]1(C)C(=NCCOCc1cn(CCN=C3C[C@H]4CC[C@]3(C)C4(C)C)nn1)C2. The van der Waals surface area contributed by atoms with Crippen LogP contribution in [0.4, 0.5) is 0 Å². The number of nitrogens with zero attached hydrogens (tertiary/aromatic N) is 5. The minimum Gasteiger partial charge on any atom is -0.373 e. The summed E-state index contributed by atoms with van der Waals surface area (Å²) in [6.45, 7) is 18.0. The molecule has 182 valence electrons. The molecule has 4 saturated carbocycles. The summed E-state index contributed by atoms with van der Waals surface area (Å²) < 4.78 is 7.77. The van der Waals surface area contributed by atoms with E-state index in [4.69, 9.17) is 14.7 Å². The number of ether oxygens (including phenoxy) is 1. The van der Waals surface area contributed by atoms with E-state index in [1.54, 1.807) is 0 Å². The van der Waals surface area contributed by atoms with Crippen LogP contribution < -0.4 is 0 Å². The van der Waals surface area contributed by atoms with Gasteiger partial charge in [0.2, 0.25) is 0 Å². The molecule has 1 aromatic rings. The second kappa shape index (κ2) is 8.00. The predicted molar refractivity (Wildman–Crippen MR) is 133 cm³/mol. The Morgan fingerprint density at radius 1 is 0.909 bits per heavy atom. The fraction of sp³-hybridized carbons (Fsp3) is 0.852. The van der Waals surface area contributed by atoms with Crippen molar-refractivity contribution in [1.29, 1.82) is 0 Å². The molecule has 0 N–H and O–H groups in total. The Morgan fingerprint density at radius 2 is 1.48 bits per heavy atom. The highest BCUT2D eigenvalue weighted by Crippen LogP contribution is 2.64. The molecule has 0 radical (unpaired) electrons. The largest absolute Gasteiger partial charge is 0.373 e. The fourth-order valence-corrected chi connectivity index (χ4v) is 7.56. The Labute approximate surface area is 199 Å². The molecule has 4 bridgehead atoms. The minimum absolute atomic E-state index is 0.285. The third kappa shape index (κ3) is 3.54. The van der Waals surface area contributed by atoms with Crippen molar-refractivity contribution in [3.05, 3.63) is 11.9 Å². The van der Waals surface area contributed by atoms with Gasteiger partial charge in [-0.1, -0.05) is 46.8 Å². The highest BCUT2D eigenvalue weighted by Gasteiger charge is 2.60. The molecule has 0 spiro atoms. The van der Waals surface area contributed by atoms with Crippen molar-refractivity contribution < 1.29 is 4.74 Å². The third-order valence-electron chi connectivity index (χ3n) is 11.0. The van der Waals surface area contributed by atoms with Gasteiger partial charge in [-0.25, -0.2) is 0 Å². The summed E-state index contributed by atoms with van der Waals surface area (Å²) in [6.07, 6.45) is 9.66. The van der Waals surface area contributed by atoms with Crippen LogP contribution in [-0.2, 0) is 17.9 Å². The zero-order valence-corrected chi connectivity index (χ0v) is 21.7. The number of hydrogen-bond acceptors (Lipinski definition) is 5. The van der Waals surface area contributed by atoms with Gasteiger partial charge in [0, 0.05) is 22.3 Å². The van der Waals surface area contributed by atoms with Crippen LogP contribution >= 0.6 is 0 Å². The first-order valence-electron chi connectivity index (χ1n) is 13.1. The lowest BCUT2D eigenvalue weighted by molar-refractivity contribution is 0.125. The summed E-state index contributed by atoms with van der Waals surface area (Å²) in [5.74, 6) is 1.61. The summed E-state index contributed by atoms with van der Waals surface area (Å²) in [7, 11) is 0. The van der Waals surface area contributed by atoms with Crippen LogP contribution in [0, 0.1) is 33.5 Å². The van der Waals surface area contributed by atoms with E-state index in [9.17, 15) is 0 Å². The minimum atomic E-state index is 0.285. The molecule has 0 amide bonds. The van der Waals surface area contributed by atoms with Crippen molar-refractivity contribution in [3.63, 3.8) is 0 Å². The Bertz CT molecular complexity index is 959. The fourth-order valence-electron chi connectivity index (χ4n) is 7.56. The van der Waals surface area contributed by atoms with Crippen LogP contribution in [0.3, 0.4) is 0 Å². The summed E-state index contributed by atoms with van der Waals surface area (Å²) in [5, 5.41) is 8.56. The maximum Gasteiger partial charge on any atom is 0.108 e. The van der Waals surface area contributed by atoms with Crippen LogP contribution in [-0.4, -0.2) is 46.1 Å². The quantitative estimate of drug-likeness (QED) is 0.497. The van der Waals surface area contributed by atoms with E-state index in [1.807, 2.05) is 10.9 Å². The van der Waals surface area contributed by atoms with Gasteiger partial charge in [-0.3, -0.25) is 14.7 Å². The van der Waals surface area contributed by atoms with Gasteiger partial charge < -0.3 is 4.74 Å². The zero-order chi connectivity index (χ0) is 23.5. The normalized spacial score (nSPS) is 38.2. The molecule has 6 nitrogen and oxygen atoms in total. The lowest BCUT2D eigenvalue weighted by atomic mass is 9.70. The van der Waals surface area contributed by atoms with E-state index < -0.39 is 0 Å². The molecule has 0 saturated heterocycles. The van der Waals surface area contributed by atoms with Crippen LogP contribution in [0.25, 0.3) is 0 Å². The highest BCUT2D eigenvalue weighted by molar-refractivity contribution is 5.94. The lowest BCUT2D eigenvalue weighted by Crippen LogP contribution is -2.32. The van der Waals surface area contributed by atoms with Gasteiger partial charge in [0.15, 0.2) is 0 Å². The molecule has 0 aliphatic heterocycles. The third-order valence-corrected chi connectivity index (χ3v) is 11.0.